The summed E-state index contributed by atoms with van der Waals surface area (Å²) in [5.41, 5.74) is 17.2. The molecule has 0 saturated carbocycles. The Morgan fingerprint density at radius 2 is 1.56 bits per heavy atom. The molecule has 1 atom stereocenters. The number of hydrogen-bond donors (Lipinski definition) is 4. The molecule has 7 N–H and O–H groups in total. The molecule has 5 nitrogen and oxygen atoms in total. The summed E-state index contributed by atoms with van der Waals surface area (Å²) < 4.78 is 0. The molecular weight excluding hydrogens is 206 g/mol. The molecule has 0 bridgehead atoms. The van der Waals surface area contributed by atoms with Crippen LogP contribution >= 0.6 is 0 Å². The van der Waals surface area contributed by atoms with E-state index in [0.717, 1.165) is 0 Å². The van der Waals surface area contributed by atoms with Crippen molar-refractivity contribution in [1.29, 1.82) is 0 Å². The van der Waals surface area contributed by atoms with Gasteiger partial charge in [-0.3, -0.25) is 4.79 Å². The zero-order chi connectivity index (χ0) is 12.7. The summed E-state index contributed by atoms with van der Waals surface area (Å²) in [7, 11) is 0. The molecule has 0 radical (unpaired) electrons. The van der Waals surface area contributed by atoms with Crippen LogP contribution in [0.2, 0.25) is 0 Å². The third kappa shape index (κ3) is 5.21. The first-order valence-electron chi connectivity index (χ1n) is 4.94. The Hall–Kier alpha value is -1.75. The third-order valence-corrected chi connectivity index (χ3v) is 2.00. The SMILES string of the molecule is CC(C)[C@H](N)C(=O)O.Nc1ccccc1N. The molecule has 0 unspecified atom stereocenters. The first-order valence-corrected chi connectivity index (χ1v) is 4.94. The Morgan fingerprint density at radius 3 is 1.69 bits per heavy atom. The standard InChI is InChI=1S/C6H8N2.C5H11NO2/c7-5-3-1-2-4-6(5)8;1-3(2)4(6)5(7)8/h1-4H,7-8H2;3-4H,6H2,1-2H3,(H,7,8)/t;4-/m.0/s1. The van der Waals surface area contributed by atoms with Crippen LogP contribution < -0.4 is 17.2 Å². The average Bonchev–Trinajstić information content (AvgIpc) is 2.22. The van der Waals surface area contributed by atoms with Crippen LogP contribution in [0.4, 0.5) is 11.4 Å². The van der Waals surface area contributed by atoms with Crippen molar-refractivity contribution in [1.82, 2.24) is 0 Å². The smallest absolute Gasteiger partial charge is 0.320 e. The monoisotopic (exact) mass is 225 g/mol. The van der Waals surface area contributed by atoms with Gasteiger partial charge in [-0.05, 0) is 18.1 Å². The topological polar surface area (TPSA) is 115 Å². The lowest BCUT2D eigenvalue weighted by atomic mass is 10.1. The molecule has 16 heavy (non-hydrogen) atoms. The van der Waals surface area contributed by atoms with E-state index in [0.29, 0.717) is 11.4 Å². The van der Waals surface area contributed by atoms with Crippen LogP contribution in [0, 0.1) is 5.92 Å². The van der Waals surface area contributed by atoms with Crippen LogP contribution in [0.5, 0.6) is 0 Å². The van der Waals surface area contributed by atoms with Crippen molar-refractivity contribution in [3.05, 3.63) is 24.3 Å². The molecule has 0 amide bonds. The summed E-state index contributed by atoms with van der Waals surface area (Å²) in [6.45, 7) is 3.55. The molecule has 5 heteroatoms. The summed E-state index contributed by atoms with van der Waals surface area (Å²) in [5, 5.41) is 8.23. The molecule has 1 rings (SSSR count). The number of aliphatic carboxylic acids is 1. The van der Waals surface area contributed by atoms with Crippen LogP contribution in [0.3, 0.4) is 0 Å². The number of nitrogens with two attached hydrogens (primary N) is 3. The highest BCUT2D eigenvalue weighted by atomic mass is 16.4. The van der Waals surface area contributed by atoms with Gasteiger partial charge in [-0.1, -0.05) is 26.0 Å². The van der Waals surface area contributed by atoms with Gasteiger partial charge in [0.05, 0.1) is 11.4 Å². The van der Waals surface area contributed by atoms with Gasteiger partial charge in [0, 0.05) is 0 Å². The zero-order valence-electron chi connectivity index (χ0n) is 9.55. The van der Waals surface area contributed by atoms with Gasteiger partial charge in [0.2, 0.25) is 0 Å². The number of carboxylic acid groups (broad SMARTS) is 1. The van der Waals surface area contributed by atoms with Gasteiger partial charge in [0.1, 0.15) is 6.04 Å². The van der Waals surface area contributed by atoms with Crippen molar-refractivity contribution in [2.45, 2.75) is 19.9 Å². The largest absolute Gasteiger partial charge is 0.480 e. The number of para-hydroxylation sites is 2. The molecule has 0 spiro atoms. The lowest BCUT2D eigenvalue weighted by molar-refractivity contribution is -0.139. The molecular formula is C11H19N3O2. The number of carboxylic acids is 1. The first-order chi connectivity index (χ1) is 7.36. The molecule has 0 saturated heterocycles. The third-order valence-electron chi connectivity index (χ3n) is 2.00. The van der Waals surface area contributed by atoms with Crippen LogP contribution in [0.1, 0.15) is 13.8 Å². The quantitative estimate of drug-likeness (QED) is 0.558. The maximum Gasteiger partial charge on any atom is 0.320 e. The van der Waals surface area contributed by atoms with E-state index < -0.39 is 12.0 Å². The minimum absolute atomic E-state index is 0.0208. The molecule has 0 fully saturated rings. The number of nitrogen functional groups attached to an aromatic ring is 2. The van der Waals surface area contributed by atoms with E-state index in [9.17, 15) is 4.79 Å². The van der Waals surface area contributed by atoms with Crippen LogP contribution in [-0.4, -0.2) is 17.1 Å². The summed E-state index contributed by atoms with van der Waals surface area (Å²) >= 11 is 0. The molecule has 1 aromatic carbocycles. The van der Waals surface area contributed by atoms with Crippen LogP contribution in [-0.2, 0) is 4.79 Å². The fourth-order valence-electron chi connectivity index (χ4n) is 0.796. The van der Waals surface area contributed by atoms with Gasteiger partial charge < -0.3 is 22.3 Å². The van der Waals surface area contributed by atoms with E-state index >= 15 is 0 Å². The Kier molecular flexibility index (Phi) is 5.95. The molecule has 1 aromatic rings. The van der Waals surface area contributed by atoms with Crippen molar-refractivity contribution in [2.75, 3.05) is 11.5 Å². The fourth-order valence-corrected chi connectivity index (χ4v) is 0.796. The van der Waals surface area contributed by atoms with Crippen molar-refractivity contribution in [3.63, 3.8) is 0 Å². The second-order valence-electron chi connectivity index (χ2n) is 3.74. The minimum Gasteiger partial charge on any atom is -0.480 e. The van der Waals surface area contributed by atoms with Crippen LogP contribution in [0.25, 0.3) is 0 Å². The highest BCUT2D eigenvalue weighted by molar-refractivity contribution is 5.73. The summed E-state index contributed by atoms with van der Waals surface area (Å²) in [4.78, 5) is 10.0. The molecule has 0 aliphatic carbocycles. The average molecular weight is 225 g/mol. The summed E-state index contributed by atoms with van der Waals surface area (Å²) in [5.74, 6) is -0.910. The highest BCUT2D eigenvalue weighted by Crippen LogP contribution is 2.10. The highest BCUT2D eigenvalue weighted by Gasteiger charge is 2.14. The van der Waals surface area contributed by atoms with Gasteiger partial charge in [-0.2, -0.15) is 0 Å². The van der Waals surface area contributed by atoms with Crippen molar-refractivity contribution >= 4 is 17.3 Å². The van der Waals surface area contributed by atoms with Gasteiger partial charge in [0.15, 0.2) is 0 Å². The number of hydrogen-bond acceptors (Lipinski definition) is 4. The van der Waals surface area contributed by atoms with E-state index in [4.69, 9.17) is 22.3 Å². The molecule has 90 valence electrons. The fraction of sp³-hybridized carbons (Fsp3) is 0.364. The minimum atomic E-state index is -0.931. The first kappa shape index (κ1) is 14.2. The lowest BCUT2D eigenvalue weighted by Crippen LogP contribution is -2.34. The molecule has 0 aliphatic heterocycles. The van der Waals surface area contributed by atoms with Gasteiger partial charge in [-0.25, -0.2) is 0 Å². The Balaban J connectivity index is 0.000000281. The molecule has 0 aliphatic rings. The Morgan fingerprint density at radius 1 is 1.19 bits per heavy atom. The van der Waals surface area contributed by atoms with E-state index in [1.54, 1.807) is 26.0 Å². The predicted molar refractivity (Wildman–Crippen MR) is 65.7 cm³/mol. The van der Waals surface area contributed by atoms with E-state index in [2.05, 4.69) is 0 Å². The van der Waals surface area contributed by atoms with Crippen LogP contribution in [0.15, 0.2) is 24.3 Å². The number of benzene rings is 1. The predicted octanol–water partition coefficient (Wildman–Crippen LogP) is 0.905. The van der Waals surface area contributed by atoms with E-state index in [-0.39, 0.29) is 5.92 Å². The molecule has 0 aromatic heterocycles. The maximum absolute atomic E-state index is 10.0. The van der Waals surface area contributed by atoms with E-state index in [1.807, 2.05) is 12.1 Å². The summed E-state index contributed by atoms with van der Waals surface area (Å²) in [6, 6.07) is 6.54. The van der Waals surface area contributed by atoms with E-state index in [1.165, 1.54) is 0 Å². The van der Waals surface area contributed by atoms with Gasteiger partial charge in [0.25, 0.3) is 0 Å². The van der Waals surface area contributed by atoms with Crippen molar-refractivity contribution < 1.29 is 9.90 Å². The number of carbonyl (C=O) groups is 1. The normalized spacial score (nSPS) is 11.5. The summed E-state index contributed by atoms with van der Waals surface area (Å²) in [6.07, 6.45) is 0. The Bertz CT molecular complexity index is 319. The van der Waals surface area contributed by atoms with Crippen molar-refractivity contribution in [3.8, 4) is 0 Å². The van der Waals surface area contributed by atoms with Gasteiger partial charge in [-0.15, -0.1) is 0 Å². The zero-order valence-corrected chi connectivity index (χ0v) is 9.55. The lowest BCUT2D eigenvalue weighted by Gasteiger charge is -2.07. The second-order valence-corrected chi connectivity index (χ2v) is 3.74. The van der Waals surface area contributed by atoms with Crippen molar-refractivity contribution in [2.24, 2.45) is 11.7 Å². The number of anilines is 2. The second kappa shape index (κ2) is 6.68. The molecule has 0 heterocycles. The Labute approximate surface area is 95.2 Å². The van der Waals surface area contributed by atoms with Gasteiger partial charge >= 0.3 is 5.97 Å². The maximum atomic E-state index is 10.0. The number of rotatable bonds is 2.